The molecule has 3 aromatic rings. The second-order valence-corrected chi connectivity index (χ2v) is 7.12. The van der Waals surface area contributed by atoms with Crippen LogP contribution in [0.1, 0.15) is 36.3 Å². The van der Waals surface area contributed by atoms with E-state index in [0.717, 1.165) is 31.7 Å². The second kappa shape index (κ2) is 7.55. The molecule has 1 atom stereocenters. The van der Waals surface area contributed by atoms with Gasteiger partial charge in [0.1, 0.15) is 24.4 Å². The third kappa shape index (κ3) is 3.55. The minimum absolute atomic E-state index is 0.0380. The van der Waals surface area contributed by atoms with E-state index in [1.54, 1.807) is 6.33 Å². The maximum absolute atomic E-state index is 6.02. The van der Waals surface area contributed by atoms with Gasteiger partial charge in [-0.1, -0.05) is 30.3 Å². The number of anilines is 1. The zero-order valence-electron chi connectivity index (χ0n) is 15.3. The Morgan fingerprint density at radius 2 is 2.00 bits per heavy atom. The molecule has 1 saturated carbocycles. The van der Waals surface area contributed by atoms with Crippen molar-refractivity contribution in [3.05, 3.63) is 60.6 Å². The molecule has 2 aromatic heterocycles. The first kappa shape index (κ1) is 17.1. The summed E-state index contributed by atoms with van der Waals surface area (Å²) in [5, 5.41) is 7.70. The molecule has 0 radical (unpaired) electrons. The van der Waals surface area contributed by atoms with Gasteiger partial charge in [-0.3, -0.25) is 0 Å². The Hall–Kier alpha value is -3.00. The van der Waals surface area contributed by atoms with Crippen molar-refractivity contribution in [1.82, 2.24) is 20.2 Å². The third-order valence-electron chi connectivity index (χ3n) is 5.30. The van der Waals surface area contributed by atoms with Gasteiger partial charge in [0.15, 0.2) is 0 Å². The molecule has 144 valence electrons. The maximum Gasteiger partial charge on any atom is 0.219 e. The molecule has 0 unspecified atom stereocenters. The van der Waals surface area contributed by atoms with Gasteiger partial charge in [0.05, 0.1) is 6.61 Å². The van der Waals surface area contributed by atoms with Crippen molar-refractivity contribution in [1.29, 1.82) is 0 Å². The molecular weight excluding hydrogens is 358 g/mol. The highest BCUT2D eigenvalue weighted by atomic mass is 16.5. The minimum atomic E-state index is 0.0380. The molecule has 1 aliphatic carbocycles. The largest absolute Gasteiger partial charge is 0.474 e. The van der Waals surface area contributed by atoms with Crippen LogP contribution in [0.4, 0.5) is 5.82 Å². The molecule has 0 bridgehead atoms. The highest BCUT2D eigenvalue weighted by molar-refractivity contribution is 5.42. The first-order valence-corrected chi connectivity index (χ1v) is 9.51. The van der Waals surface area contributed by atoms with Crippen LogP contribution in [0.5, 0.6) is 5.88 Å². The summed E-state index contributed by atoms with van der Waals surface area (Å²) < 4.78 is 17.2. The Morgan fingerprint density at radius 3 is 2.82 bits per heavy atom. The van der Waals surface area contributed by atoms with Crippen molar-refractivity contribution in [2.75, 3.05) is 24.6 Å². The number of rotatable bonds is 5. The van der Waals surface area contributed by atoms with Gasteiger partial charge < -0.3 is 18.8 Å². The van der Waals surface area contributed by atoms with E-state index in [9.17, 15) is 0 Å². The van der Waals surface area contributed by atoms with Crippen molar-refractivity contribution in [2.24, 2.45) is 0 Å². The fourth-order valence-corrected chi connectivity index (χ4v) is 3.69. The van der Waals surface area contributed by atoms with Gasteiger partial charge in [0, 0.05) is 25.1 Å². The summed E-state index contributed by atoms with van der Waals surface area (Å²) in [5.41, 5.74) is 1.18. The van der Waals surface area contributed by atoms with Crippen LogP contribution in [0.15, 0.2) is 53.5 Å². The van der Waals surface area contributed by atoms with Crippen molar-refractivity contribution in [3.63, 3.8) is 0 Å². The van der Waals surface area contributed by atoms with Crippen molar-refractivity contribution < 1.29 is 13.9 Å². The summed E-state index contributed by atoms with van der Waals surface area (Å²) in [6.45, 7) is 2.21. The standard InChI is InChI=1S/C20H21N5O3/c1-2-4-14(5-3-1)17-11-25(6-7-26-17)18-10-19(22-12-21-18)28-16-8-15(9-16)20-24-23-13-27-20/h1-5,10,12-13,15-17H,6-9,11H2/t15?,16?,17-/m1/s1. The molecule has 1 aliphatic heterocycles. The predicted molar refractivity (Wildman–Crippen MR) is 100 cm³/mol. The van der Waals surface area contributed by atoms with Gasteiger partial charge in [-0.05, 0) is 18.4 Å². The number of aromatic nitrogens is 4. The van der Waals surface area contributed by atoms with E-state index >= 15 is 0 Å². The molecule has 2 fully saturated rings. The molecule has 0 amide bonds. The first-order valence-electron chi connectivity index (χ1n) is 9.51. The summed E-state index contributed by atoms with van der Waals surface area (Å²) in [4.78, 5) is 10.9. The lowest BCUT2D eigenvalue weighted by Crippen LogP contribution is -2.39. The van der Waals surface area contributed by atoms with Gasteiger partial charge >= 0.3 is 0 Å². The number of benzene rings is 1. The Labute approximate surface area is 162 Å². The highest BCUT2D eigenvalue weighted by Crippen LogP contribution is 2.38. The Bertz CT molecular complexity index is 899. The average Bonchev–Trinajstić information content (AvgIpc) is 3.26. The molecule has 0 spiro atoms. The van der Waals surface area contributed by atoms with Gasteiger partial charge in [0.25, 0.3) is 0 Å². The predicted octanol–water partition coefficient (Wildman–Crippen LogP) is 2.76. The second-order valence-electron chi connectivity index (χ2n) is 7.12. The summed E-state index contributed by atoms with van der Waals surface area (Å²) in [6.07, 6.45) is 4.79. The lowest BCUT2D eigenvalue weighted by Gasteiger charge is -2.35. The van der Waals surface area contributed by atoms with Crippen LogP contribution in [0.3, 0.4) is 0 Å². The van der Waals surface area contributed by atoms with Gasteiger partial charge in [-0.2, -0.15) is 0 Å². The summed E-state index contributed by atoms with van der Waals surface area (Å²) in [7, 11) is 0. The van der Waals surface area contributed by atoms with E-state index in [0.29, 0.717) is 18.4 Å². The van der Waals surface area contributed by atoms with Crippen LogP contribution in [-0.4, -0.2) is 46.0 Å². The van der Waals surface area contributed by atoms with Crippen LogP contribution in [0.25, 0.3) is 0 Å². The van der Waals surface area contributed by atoms with Crippen LogP contribution in [-0.2, 0) is 4.74 Å². The summed E-state index contributed by atoms with van der Waals surface area (Å²) in [6, 6.07) is 12.2. The van der Waals surface area contributed by atoms with E-state index in [1.807, 2.05) is 24.3 Å². The van der Waals surface area contributed by atoms with E-state index in [-0.39, 0.29) is 18.1 Å². The van der Waals surface area contributed by atoms with Crippen LogP contribution >= 0.6 is 0 Å². The number of hydrogen-bond donors (Lipinski definition) is 0. The van der Waals surface area contributed by atoms with E-state index in [2.05, 4.69) is 37.2 Å². The monoisotopic (exact) mass is 379 g/mol. The fourth-order valence-electron chi connectivity index (χ4n) is 3.69. The van der Waals surface area contributed by atoms with Crippen molar-refractivity contribution >= 4 is 5.82 Å². The summed E-state index contributed by atoms with van der Waals surface area (Å²) in [5.74, 6) is 2.42. The van der Waals surface area contributed by atoms with Crippen LogP contribution in [0, 0.1) is 0 Å². The molecule has 5 rings (SSSR count). The molecule has 0 N–H and O–H groups in total. The average molecular weight is 379 g/mol. The van der Waals surface area contributed by atoms with Gasteiger partial charge in [-0.25, -0.2) is 9.97 Å². The molecule has 1 saturated heterocycles. The highest BCUT2D eigenvalue weighted by Gasteiger charge is 2.35. The maximum atomic E-state index is 6.02. The quantitative estimate of drug-likeness (QED) is 0.669. The lowest BCUT2D eigenvalue weighted by atomic mass is 9.82. The Kier molecular flexibility index (Phi) is 4.62. The normalized spacial score (nSPS) is 24.6. The minimum Gasteiger partial charge on any atom is -0.474 e. The molecule has 8 nitrogen and oxygen atoms in total. The fraction of sp³-hybridized carbons (Fsp3) is 0.400. The first-order chi connectivity index (χ1) is 13.8. The molecule has 8 heteroatoms. The van der Waals surface area contributed by atoms with Gasteiger partial charge in [0.2, 0.25) is 18.2 Å². The zero-order valence-corrected chi connectivity index (χ0v) is 15.3. The smallest absolute Gasteiger partial charge is 0.219 e. The molecule has 1 aromatic carbocycles. The molecule has 2 aliphatic rings. The summed E-state index contributed by atoms with van der Waals surface area (Å²) >= 11 is 0. The Morgan fingerprint density at radius 1 is 1.11 bits per heavy atom. The number of nitrogens with zero attached hydrogens (tertiary/aromatic N) is 5. The molecule has 3 heterocycles. The van der Waals surface area contributed by atoms with Crippen LogP contribution in [0.2, 0.25) is 0 Å². The Balaban J connectivity index is 1.22. The van der Waals surface area contributed by atoms with Crippen molar-refractivity contribution in [2.45, 2.75) is 31.0 Å². The number of hydrogen-bond acceptors (Lipinski definition) is 8. The molecule has 28 heavy (non-hydrogen) atoms. The SMILES string of the molecule is c1ccc([C@H]2CN(c3cc(OC4CC(c5nnco5)C4)ncn3)CCO2)cc1. The molecular formula is C20H21N5O3. The third-order valence-corrected chi connectivity index (χ3v) is 5.30. The lowest BCUT2D eigenvalue weighted by molar-refractivity contribution is 0.0394. The number of ether oxygens (including phenoxy) is 2. The zero-order chi connectivity index (χ0) is 18.8. The number of morpholine rings is 1. The van der Waals surface area contributed by atoms with Gasteiger partial charge in [-0.15, -0.1) is 10.2 Å². The van der Waals surface area contributed by atoms with Crippen LogP contribution < -0.4 is 9.64 Å². The van der Waals surface area contributed by atoms with Crippen molar-refractivity contribution in [3.8, 4) is 5.88 Å². The van der Waals surface area contributed by atoms with E-state index in [1.165, 1.54) is 12.0 Å². The van der Waals surface area contributed by atoms with E-state index < -0.39 is 0 Å². The topological polar surface area (TPSA) is 86.4 Å². The van der Waals surface area contributed by atoms with E-state index in [4.69, 9.17) is 13.9 Å².